The van der Waals surface area contributed by atoms with E-state index < -0.39 is 20.8 Å². The average molecular weight is 244 g/mol. The van der Waals surface area contributed by atoms with Crippen LogP contribution in [-0.4, -0.2) is 41.7 Å². The maximum Gasteiger partial charge on any atom is 0.394 e. The average Bonchev–Trinajstić information content (AvgIpc) is 1.59. The molecule has 0 rings (SSSR count). The Morgan fingerprint density at radius 3 is 0.750 bits per heavy atom. The monoisotopic (exact) mass is 244 g/mol. The molecule has 0 radical (unpaired) electrons. The minimum atomic E-state index is -4.67. The fourth-order valence-electron chi connectivity index (χ4n) is 0. The smallest absolute Gasteiger partial charge is 0.264 e. The van der Waals surface area contributed by atoms with Gasteiger partial charge in [0.15, 0.2) is 0 Å². The highest BCUT2D eigenvalue weighted by Crippen LogP contribution is 1.59. The zero-order valence-electron chi connectivity index (χ0n) is 5.82. The van der Waals surface area contributed by atoms with Gasteiger partial charge >= 0.3 is 20.8 Å². The number of hydrogen-bond acceptors (Lipinski definition) is 4. The Morgan fingerprint density at radius 1 is 0.750 bits per heavy atom. The molecule has 4 N–H and O–H groups in total. The van der Waals surface area contributed by atoms with Crippen LogP contribution in [0.15, 0.2) is 0 Å². The Hall–Kier alpha value is 0.170. The Balaban J connectivity index is -0.000000112. The van der Waals surface area contributed by atoms with Gasteiger partial charge in [0, 0.05) is 0 Å². The van der Waals surface area contributed by atoms with E-state index in [1.54, 1.807) is 0 Å². The molecule has 78 valence electrons. The molecule has 0 aromatic carbocycles. The SMILES string of the molecule is CP.O=S(=O)(O)O.O=S(=O)(O)O. The predicted molar refractivity (Wildman–Crippen MR) is 44.0 cm³/mol. The summed E-state index contributed by atoms with van der Waals surface area (Å²) >= 11 is 0. The number of hydrogen-bond donors (Lipinski definition) is 4. The molecule has 0 fully saturated rings. The molecule has 8 nitrogen and oxygen atoms in total. The summed E-state index contributed by atoms with van der Waals surface area (Å²) in [6.07, 6.45) is 0. The molecule has 0 bridgehead atoms. The maximum atomic E-state index is 8.74. The van der Waals surface area contributed by atoms with E-state index in [-0.39, 0.29) is 0 Å². The highest BCUT2D eigenvalue weighted by atomic mass is 32.3. The molecule has 0 heterocycles. The third kappa shape index (κ3) is 29600. The van der Waals surface area contributed by atoms with Crippen LogP contribution in [0.5, 0.6) is 0 Å². The van der Waals surface area contributed by atoms with E-state index in [1.807, 2.05) is 6.66 Å². The fourth-order valence-corrected chi connectivity index (χ4v) is 0. The van der Waals surface area contributed by atoms with Gasteiger partial charge in [0.2, 0.25) is 0 Å². The van der Waals surface area contributed by atoms with Crippen LogP contribution in [0.3, 0.4) is 0 Å². The van der Waals surface area contributed by atoms with Crippen LogP contribution >= 0.6 is 9.24 Å². The zero-order chi connectivity index (χ0) is 11.0. The van der Waals surface area contributed by atoms with Crippen LogP contribution < -0.4 is 0 Å². The second-order valence-corrected chi connectivity index (χ2v) is 2.69. The van der Waals surface area contributed by atoms with Crippen LogP contribution in [0.1, 0.15) is 0 Å². The van der Waals surface area contributed by atoms with Gasteiger partial charge in [0.1, 0.15) is 0 Å². The molecule has 0 aromatic heterocycles. The van der Waals surface area contributed by atoms with Gasteiger partial charge in [-0.3, -0.25) is 18.2 Å². The molecule has 0 saturated carbocycles. The van der Waals surface area contributed by atoms with E-state index in [2.05, 4.69) is 9.24 Å². The highest BCUT2D eigenvalue weighted by molar-refractivity contribution is 7.80. The lowest BCUT2D eigenvalue weighted by Crippen LogP contribution is -1.89. The standard InChI is InChI=1S/CH5P.2H2O4S/c1-2;2*1-5(2,3)4/h2H2,1H3;2*(H2,1,2,3,4). The van der Waals surface area contributed by atoms with Gasteiger partial charge in [0.05, 0.1) is 0 Å². The third-order valence-electron chi connectivity index (χ3n) is 0. The van der Waals surface area contributed by atoms with Crippen LogP contribution in [0, 0.1) is 0 Å². The lowest BCUT2D eigenvalue weighted by molar-refractivity contribution is 0.378. The van der Waals surface area contributed by atoms with Gasteiger partial charge in [0.25, 0.3) is 0 Å². The molecule has 0 saturated heterocycles. The lowest BCUT2D eigenvalue weighted by Gasteiger charge is -1.68. The molecule has 12 heavy (non-hydrogen) atoms. The minimum absolute atomic E-state index is 1.92. The molecule has 0 aliphatic rings. The topological polar surface area (TPSA) is 149 Å². The summed E-state index contributed by atoms with van der Waals surface area (Å²) in [6.45, 7) is 1.92. The van der Waals surface area contributed by atoms with Crippen molar-refractivity contribution in [3.8, 4) is 0 Å². The summed E-state index contributed by atoms with van der Waals surface area (Å²) in [5, 5.41) is 0. The molecular formula is CH9O8PS2. The van der Waals surface area contributed by atoms with Crippen molar-refractivity contribution in [3.05, 3.63) is 0 Å². The number of rotatable bonds is 0. The summed E-state index contributed by atoms with van der Waals surface area (Å²) in [4.78, 5) is 0. The summed E-state index contributed by atoms with van der Waals surface area (Å²) in [6, 6.07) is 0. The molecule has 1 atom stereocenters. The maximum absolute atomic E-state index is 8.74. The van der Waals surface area contributed by atoms with Gasteiger partial charge in [-0.25, -0.2) is 0 Å². The van der Waals surface area contributed by atoms with E-state index >= 15 is 0 Å². The van der Waals surface area contributed by atoms with Crippen molar-refractivity contribution in [3.63, 3.8) is 0 Å². The van der Waals surface area contributed by atoms with E-state index in [0.717, 1.165) is 0 Å². The Labute approximate surface area is 72.3 Å². The van der Waals surface area contributed by atoms with E-state index in [4.69, 9.17) is 35.0 Å². The second-order valence-electron chi connectivity index (χ2n) is 0.896. The van der Waals surface area contributed by atoms with Gasteiger partial charge in [-0.1, -0.05) is 6.66 Å². The first-order valence-electron chi connectivity index (χ1n) is 1.97. The molecule has 0 amide bonds. The highest BCUT2D eigenvalue weighted by Gasteiger charge is 1.85. The van der Waals surface area contributed by atoms with Crippen molar-refractivity contribution >= 4 is 30.0 Å². The predicted octanol–water partition coefficient (Wildman–Crippen LogP) is -0.814. The summed E-state index contributed by atoms with van der Waals surface area (Å²) in [5.41, 5.74) is 0. The van der Waals surface area contributed by atoms with Crippen molar-refractivity contribution in [2.45, 2.75) is 0 Å². The van der Waals surface area contributed by atoms with Crippen molar-refractivity contribution in [1.29, 1.82) is 0 Å². The van der Waals surface area contributed by atoms with Crippen molar-refractivity contribution in [1.82, 2.24) is 0 Å². The van der Waals surface area contributed by atoms with E-state index in [1.165, 1.54) is 0 Å². The second kappa shape index (κ2) is 7.80. The first kappa shape index (κ1) is 18.1. The lowest BCUT2D eigenvalue weighted by atomic mass is 12.0. The van der Waals surface area contributed by atoms with Gasteiger partial charge < -0.3 is 0 Å². The van der Waals surface area contributed by atoms with Crippen molar-refractivity contribution in [2.24, 2.45) is 0 Å². The van der Waals surface area contributed by atoms with Gasteiger partial charge in [-0.05, 0) is 0 Å². The molecule has 0 aliphatic heterocycles. The largest absolute Gasteiger partial charge is 0.394 e. The fraction of sp³-hybridized carbons (Fsp3) is 1.00. The third-order valence-corrected chi connectivity index (χ3v) is 0. The summed E-state index contributed by atoms with van der Waals surface area (Å²) < 4.78 is 63.2. The summed E-state index contributed by atoms with van der Waals surface area (Å²) in [7, 11) is -6.92. The van der Waals surface area contributed by atoms with Crippen LogP contribution in [0.4, 0.5) is 0 Å². The summed E-state index contributed by atoms with van der Waals surface area (Å²) in [5.74, 6) is 0. The Kier molecular flexibility index (Phi) is 11.7. The van der Waals surface area contributed by atoms with Crippen LogP contribution in [-0.2, 0) is 20.8 Å². The van der Waals surface area contributed by atoms with Crippen molar-refractivity contribution in [2.75, 3.05) is 6.66 Å². The van der Waals surface area contributed by atoms with E-state index in [9.17, 15) is 0 Å². The van der Waals surface area contributed by atoms with Crippen LogP contribution in [0.25, 0.3) is 0 Å². The Bertz CT molecular complexity index is 213. The molecule has 0 aromatic rings. The van der Waals surface area contributed by atoms with Crippen molar-refractivity contribution < 1.29 is 35.0 Å². The molecule has 0 spiro atoms. The normalized spacial score (nSPS) is 10.2. The molecule has 1 unspecified atom stereocenters. The van der Waals surface area contributed by atoms with Gasteiger partial charge in [-0.2, -0.15) is 16.8 Å². The quantitative estimate of drug-likeness (QED) is 0.319. The Morgan fingerprint density at radius 2 is 0.750 bits per heavy atom. The van der Waals surface area contributed by atoms with Gasteiger partial charge in [-0.15, -0.1) is 9.24 Å². The first-order valence-corrected chi connectivity index (χ1v) is 5.92. The van der Waals surface area contributed by atoms with E-state index in [0.29, 0.717) is 0 Å². The zero-order valence-corrected chi connectivity index (χ0v) is 8.60. The molecule has 0 aliphatic carbocycles. The van der Waals surface area contributed by atoms with Crippen LogP contribution in [0.2, 0.25) is 0 Å². The minimum Gasteiger partial charge on any atom is -0.264 e. The molecule has 11 heteroatoms. The first-order chi connectivity index (χ1) is 5.00. The molecular weight excluding hydrogens is 235 g/mol.